The fourth-order valence-electron chi connectivity index (χ4n) is 4.30. The summed E-state index contributed by atoms with van der Waals surface area (Å²) in [7, 11) is 0. The van der Waals surface area contributed by atoms with Gasteiger partial charge in [-0.1, -0.05) is 55.0 Å². The Morgan fingerprint density at radius 2 is 1.58 bits per heavy atom. The highest BCUT2D eigenvalue weighted by atomic mass is 16.5. The molecule has 7 heteroatoms. The number of carboxylic acids is 1. The number of hydrogen-bond acceptors (Lipinski definition) is 4. The Balaban J connectivity index is 1.42. The number of carbonyl (C=O) groups excluding carboxylic acids is 2. The first-order valence-corrected chi connectivity index (χ1v) is 10.6. The first-order valence-electron chi connectivity index (χ1n) is 10.6. The third-order valence-electron chi connectivity index (χ3n) is 6.25. The molecule has 2 aliphatic rings. The molecule has 162 valence electrons. The van der Waals surface area contributed by atoms with E-state index in [2.05, 4.69) is 22.8 Å². The third kappa shape index (κ3) is 4.26. The van der Waals surface area contributed by atoms with Crippen LogP contribution in [0.2, 0.25) is 0 Å². The SMILES string of the molecule is CC(NC(=O)C(NC(=O)OCC1c2ccccc2-c2ccccc21)C1CCC1)C(=O)O. The van der Waals surface area contributed by atoms with E-state index < -0.39 is 30.1 Å². The number of hydrogen-bond donors (Lipinski definition) is 3. The van der Waals surface area contributed by atoms with Gasteiger partial charge in [0.2, 0.25) is 5.91 Å². The molecule has 0 radical (unpaired) electrons. The van der Waals surface area contributed by atoms with Gasteiger partial charge in [0.25, 0.3) is 0 Å². The predicted octanol–water partition coefficient (Wildman–Crippen LogP) is 3.28. The molecule has 0 aliphatic heterocycles. The van der Waals surface area contributed by atoms with E-state index >= 15 is 0 Å². The first-order chi connectivity index (χ1) is 15.0. The molecule has 0 bridgehead atoms. The summed E-state index contributed by atoms with van der Waals surface area (Å²) in [5.74, 6) is -1.70. The van der Waals surface area contributed by atoms with Crippen LogP contribution in [0.4, 0.5) is 4.79 Å². The van der Waals surface area contributed by atoms with Crippen LogP contribution in [-0.4, -0.2) is 41.8 Å². The van der Waals surface area contributed by atoms with E-state index in [0.29, 0.717) is 0 Å². The van der Waals surface area contributed by atoms with Crippen molar-refractivity contribution in [1.29, 1.82) is 0 Å². The zero-order chi connectivity index (χ0) is 22.0. The number of amides is 2. The van der Waals surface area contributed by atoms with Crippen LogP contribution >= 0.6 is 0 Å². The summed E-state index contributed by atoms with van der Waals surface area (Å²) in [6.45, 7) is 1.55. The number of carbonyl (C=O) groups is 3. The van der Waals surface area contributed by atoms with Crippen molar-refractivity contribution >= 4 is 18.0 Å². The van der Waals surface area contributed by atoms with Crippen molar-refractivity contribution in [2.45, 2.75) is 44.2 Å². The van der Waals surface area contributed by atoms with Crippen LogP contribution in [0.15, 0.2) is 48.5 Å². The molecular weight excluding hydrogens is 396 g/mol. The molecule has 31 heavy (non-hydrogen) atoms. The second-order valence-electron chi connectivity index (χ2n) is 8.21. The highest BCUT2D eigenvalue weighted by Crippen LogP contribution is 2.44. The number of fused-ring (bicyclic) bond motifs is 3. The summed E-state index contributed by atoms with van der Waals surface area (Å²) in [4.78, 5) is 36.2. The number of benzene rings is 2. The second kappa shape index (κ2) is 8.79. The van der Waals surface area contributed by atoms with E-state index in [0.717, 1.165) is 41.5 Å². The maximum absolute atomic E-state index is 12.6. The minimum absolute atomic E-state index is 0.0125. The molecule has 0 saturated heterocycles. The number of aliphatic carboxylic acids is 1. The van der Waals surface area contributed by atoms with E-state index in [9.17, 15) is 14.4 Å². The lowest BCUT2D eigenvalue weighted by molar-refractivity contribution is -0.141. The Labute approximate surface area is 180 Å². The quantitative estimate of drug-likeness (QED) is 0.635. The summed E-state index contributed by atoms with van der Waals surface area (Å²) >= 11 is 0. The molecule has 1 saturated carbocycles. The molecule has 0 aromatic heterocycles. The van der Waals surface area contributed by atoms with Crippen LogP contribution < -0.4 is 10.6 Å². The number of carboxylic acid groups (broad SMARTS) is 1. The van der Waals surface area contributed by atoms with E-state index in [4.69, 9.17) is 9.84 Å². The lowest BCUT2D eigenvalue weighted by Gasteiger charge is -2.33. The van der Waals surface area contributed by atoms with Gasteiger partial charge < -0.3 is 20.5 Å². The largest absolute Gasteiger partial charge is 0.480 e. The van der Waals surface area contributed by atoms with Gasteiger partial charge in [0, 0.05) is 5.92 Å². The maximum Gasteiger partial charge on any atom is 0.407 e. The van der Waals surface area contributed by atoms with Gasteiger partial charge in [-0.3, -0.25) is 9.59 Å². The lowest BCUT2D eigenvalue weighted by Crippen LogP contribution is -2.55. The monoisotopic (exact) mass is 422 g/mol. The smallest absolute Gasteiger partial charge is 0.407 e. The topological polar surface area (TPSA) is 105 Å². The highest BCUT2D eigenvalue weighted by Gasteiger charge is 2.36. The summed E-state index contributed by atoms with van der Waals surface area (Å²) in [5.41, 5.74) is 4.50. The van der Waals surface area contributed by atoms with Crippen molar-refractivity contribution in [3.05, 3.63) is 59.7 Å². The van der Waals surface area contributed by atoms with Gasteiger partial charge in [-0.2, -0.15) is 0 Å². The first kappa shape index (κ1) is 20.9. The average Bonchev–Trinajstić information content (AvgIpc) is 3.04. The molecular formula is C24H26N2O5. The van der Waals surface area contributed by atoms with Crippen molar-refractivity contribution in [3.63, 3.8) is 0 Å². The van der Waals surface area contributed by atoms with E-state index in [1.807, 2.05) is 36.4 Å². The normalized spacial score (nSPS) is 16.9. The number of alkyl carbamates (subject to hydrolysis) is 1. The molecule has 2 aromatic carbocycles. The van der Waals surface area contributed by atoms with Crippen LogP contribution in [0.1, 0.15) is 43.2 Å². The maximum atomic E-state index is 12.6. The molecule has 2 unspecified atom stereocenters. The van der Waals surface area contributed by atoms with Gasteiger partial charge in [0.1, 0.15) is 18.7 Å². The minimum Gasteiger partial charge on any atom is -0.480 e. The van der Waals surface area contributed by atoms with Crippen molar-refractivity contribution in [2.24, 2.45) is 5.92 Å². The summed E-state index contributed by atoms with van der Waals surface area (Å²) in [6, 6.07) is 14.3. The molecule has 2 amide bonds. The zero-order valence-corrected chi connectivity index (χ0v) is 17.3. The van der Waals surface area contributed by atoms with Crippen LogP contribution in [0.25, 0.3) is 11.1 Å². The highest BCUT2D eigenvalue weighted by molar-refractivity contribution is 5.89. The molecule has 0 heterocycles. The summed E-state index contributed by atoms with van der Waals surface area (Å²) < 4.78 is 5.55. The minimum atomic E-state index is -1.12. The fraction of sp³-hybridized carbons (Fsp3) is 0.375. The zero-order valence-electron chi connectivity index (χ0n) is 17.3. The van der Waals surface area contributed by atoms with Crippen LogP contribution in [0, 0.1) is 5.92 Å². The van der Waals surface area contributed by atoms with Crippen LogP contribution in [-0.2, 0) is 14.3 Å². The van der Waals surface area contributed by atoms with E-state index in [1.165, 1.54) is 6.92 Å². The fourth-order valence-corrected chi connectivity index (χ4v) is 4.30. The number of rotatable bonds is 7. The lowest BCUT2D eigenvalue weighted by atomic mass is 9.79. The summed E-state index contributed by atoms with van der Waals surface area (Å²) in [5, 5.41) is 14.2. The van der Waals surface area contributed by atoms with Crippen molar-refractivity contribution in [2.75, 3.05) is 6.61 Å². The van der Waals surface area contributed by atoms with Gasteiger partial charge in [0.15, 0.2) is 0 Å². The van der Waals surface area contributed by atoms with Gasteiger partial charge in [-0.25, -0.2) is 4.79 Å². The average molecular weight is 422 g/mol. The number of ether oxygens (including phenoxy) is 1. The standard InChI is InChI=1S/C24H26N2O5/c1-14(23(28)29)25-22(27)21(15-7-6-8-15)26-24(30)31-13-20-18-11-4-2-9-16(18)17-10-3-5-12-19(17)20/h2-5,9-12,14-15,20-21H,6-8,13H2,1H3,(H,25,27)(H,26,30)(H,28,29). The van der Waals surface area contributed by atoms with Gasteiger partial charge in [-0.15, -0.1) is 0 Å². The van der Waals surface area contributed by atoms with Gasteiger partial charge >= 0.3 is 12.1 Å². The van der Waals surface area contributed by atoms with Crippen LogP contribution in [0.5, 0.6) is 0 Å². The molecule has 2 atom stereocenters. The Bertz CT molecular complexity index is 955. The molecule has 2 aromatic rings. The molecule has 4 rings (SSSR count). The number of nitrogens with one attached hydrogen (secondary N) is 2. The Morgan fingerprint density at radius 3 is 2.10 bits per heavy atom. The Kier molecular flexibility index (Phi) is 5.93. The molecule has 1 fully saturated rings. The third-order valence-corrected chi connectivity index (χ3v) is 6.25. The van der Waals surface area contributed by atoms with Gasteiger partial charge in [0.05, 0.1) is 0 Å². The van der Waals surface area contributed by atoms with Crippen molar-refractivity contribution in [3.8, 4) is 11.1 Å². The Hall–Kier alpha value is -3.35. The molecule has 0 spiro atoms. The Morgan fingerprint density at radius 1 is 1.00 bits per heavy atom. The molecule has 3 N–H and O–H groups in total. The predicted molar refractivity (Wildman–Crippen MR) is 115 cm³/mol. The van der Waals surface area contributed by atoms with Crippen molar-refractivity contribution < 1.29 is 24.2 Å². The van der Waals surface area contributed by atoms with E-state index in [1.54, 1.807) is 0 Å². The van der Waals surface area contributed by atoms with Crippen LogP contribution in [0.3, 0.4) is 0 Å². The van der Waals surface area contributed by atoms with Gasteiger partial charge in [-0.05, 0) is 47.9 Å². The molecule has 7 nitrogen and oxygen atoms in total. The summed E-state index contributed by atoms with van der Waals surface area (Å²) in [6.07, 6.45) is 1.93. The second-order valence-corrected chi connectivity index (χ2v) is 8.21. The molecule has 2 aliphatic carbocycles. The van der Waals surface area contributed by atoms with Crippen molar-refractivity contribution in [1.82, 2.24) is 10.6 Å². The van der Waals surface area contributed by atoms with E-state index in [-0.39, 0.29) is 18.4 Å².